The first-order valence-electron chi connectivity index (χ1n) is 8.10. The molecule has 0 unspecified atom stereocenters. The molecule has 3 heterocycles. The molecule has 1 aliphatic rings. The van der Waals surface area contributed by atoms with E-state index in [4.69, 9.17) is 0 Å². The van der Waals surface area contributed by atoms with Crippen LogP contribution in [0.4, 0.5) is 0 Å². The highest BCUT2D eigenvalue weighted by atomic mass is 32.2. The van der Waals surface area contributed by atoms with Gasteiger partial charge in [-0.25, -0.2) is 0 Å². The molecule has 1 aliphatic heterocycles. The summed E-state index contributed by atoms with van der Waals surface area (Å²) < 4.78 is 2.09. The van der Waals surface area contributed by atoms with Gasteiger partial charge in [0.15, 0.2) is 11.0 Å². The Labute approximate surface area is 145 Å². The van der Waals surface area contributed by atoms with Crippen molar-refractivity contribution in [3.63, 3.8) is 0 Å². The summed E-state index contributed by atoms with van der Waals surface area (Å²) >= 11 is 3.15. The maximum absolute atomic E-state index is 12.5. The van der Waals surface area contributed by atoms with Crippen LogP contribution in [0.1, 0.15) is 33.1 Å². The lowest BCUT2D eigenvalue weighted by Crippen LogP contribution is -2.43. The number of aromatic nitrogens is 3. The van der Waals surface area contributed by atoms with Gasteiger partial charge < -0.3 is 9.47 Å². The second-order valence-corrected chi connectivity index (χ2v) is 7.64. The Balaban J connectivity index is 1.67. The summed E-state index contributed by atoms with van der Waals surface area (Å²) in [5.74, 6) is 1.54. The summed E-state index contributed by atoms with van der Waals surface area (Å²) in [5.41, 5.74) is 0. The largest absolute Gasteiger partial charge is 0.339 e. The molecule has 2 aromatic rings. The predicted molar refractivity (Wildman–Crippen MR) is 94.8 cm³/mol. The first-order chi connectivity index (χ1) is 11.2. The molecule has 0 bridgehead atoms. The van der Waals surface area contributed by atoms with E-state index in [1.54, 1.807) is 11.3 Å². The first kappa shape index (κ1) is 16.5. The van der Waals surface area contributed by atoms with Gasteiger partial charge in [-0.2, -0.15) is 0 Å². The van der Waals surface area contributed by atoms with Crippen molar-refractivity contribution >= 4 is 29.0 Å². The molecular weight excluding hydrogens is 328 g/mol. The Bertz CT molecular complexity index is 653. The molecule has 124 valence electrons. The zero-order chi connectivity index (χ0) is 16.2. The van der Waals surface area contributed by atoms with Crippen LogP contribution in [0.5, 0.6) is 0 Å². The van der Waals surface area contributed by atoms with Crippen LogP contribution in [0.2, 0.25) is 0 Å². The topological polar surface area (TPSA) is 51.0 Å². The maximum Gasteiger partial charge on any atom is 0.233 e. The number of piperidine rings is 1. The maximum atomic E-state index is 12.5. The lowest BCUT2D eigenvalue weighted by Gasteiger charge is -2.33. The summed E-state index contributed by atoms with van der Waals surface area (Å²) in [7, 11) is 0. The number of likely N-dealkylation sites (tertiary alicyclic amines) is 1. The fraction of sp³-hybridized carbons (Fsp3) is 0.562. The van der Waals surface area contributed by atoms with E-state index in [2.05, 4.69) is 34.7 Å². The number of carbonyl (C=O) groups excluding carboxylic acids is 1. The van der Waals surface area contributed by atoms with Crippen LogP contribution >= 0.6 is 23.1 Å². The Morgan fingerprint density at radius 2 is 2.30 bits per heavy atom. The second kappa shape index (κ2) is 7.49. The van der Waals surface area contributed by atoms with Gasteiger partial charge in [0.2, 0.25) is 5.91 Å². The van der Waals surface area contributed by atoms with Gasteiger partial charge in [0.1, 0.15) is 0 Å². The van der Waals surface area contributed by atoms with E-state index in [1.807, 2.05) is 16.3 Å². The number of thioether (sulfide) groups is 1. The Morgan fingerprint density at radius 1 is 1.43 bits per heavy atom. The normalized spacial score (nSPS) is 18.3. The minimum Gasteiger partial charge on any atom is -0.339 e. The van der Waals surface area contributed by atoms with Crippen molar-refractivity contribution in [2.45, 2.75) is 50.9 Å². The molecule has 1 fully saturated rings. The highest BCUT2D eigenvalue weighted by Gasteiger charge is 2.24. The molecule has 0 aromatic carbocycles. The third kappa shape index (κ3) is 3.61. The monoisotopic (exact) mass is 350 g/mol. The standard InChI is InChI=1S/C16H22N4OS2/c1-3-19-15(13-8-6-10-22-13)17-18-16(19)23-11-14(21)20-9-5-4-7-12(20)2/h6,8,10,12H,3-5,7,9,11H2,1-2H3/t12-/m0/s1. The summed E-state index contributed by atoms with van der Waals surface area (Å²) in [6.45, 7) is 5.92. The fourth-order valence-electron chi connectivity index (χ4n) is 2.95. The second-order valence-electron chi connectivity index (χ2n) is 5.75. The van der Waals surface area contributed by atoms with E-state index in [0.717, 1.165) is 41.8 Å². The molecule has 0 N–H and O–H groups in total. The van der Waals surface area contributed by atoms with Crippen LogP contribution in [0.3, 0.4) is 0 Å². The highest BCUT2D eigenvalue weighted by molar-refractivity contribution is 7.99. The van der Waals surface area contributed by atoms with Gasteiger partial charge in [-0.15, -0.1) is 21.5 Å². The van der Waals surface area contributed by atoms with Gasteiger partial charge >= 0.3 is 0 Å². The van der Waals surface area contributed by atoms with Crippen molar-refractivity contribution in [2.75, 3.05) is 12.3 Å². The molecule has 5 nitrogen and oxygen atoms in total. The van der Waals surface area contributed by atoms with Gasteiger partial charge in [0.05, 0.1) is 10.6 Å². The zero-order valence-electron chi connectivity index (χ0n) is 13.6. The van der Waals surface area contributed by atoms with E-state index in [-0.39, 0.29) is 5.91 Å². The Morgan fingerprint density at radius 3 is 3.00 bits per heavy atom. The van der Waals surface area contributed by atoms with E-state index < -0.39 is 0 Å². The molecule has 0 radical (unpaired) electrons. The highest BCUT2D eigenvalue weighted by Crippen LogP contribution is 2.27. The van der Waals surface area contributed by atoms with Crippen LogP contribution in [0, 0.1) is 0 Å². The average Bonchev–Trinajstić information content (AvgIpc) is 3.21. The minimum atomic E-state index is 0.213. The molecule has 0 saturated carbocycles. The Kier molecular flexibility index (Phi) is 5.38. The number of thiophene rings is 1. The zero-order valence-corrected chi connectivity index (χ0v) is 15.2. The van der Waals surface area contributed by atoms with Crippen molar-refractivity contribution in [1.29, 1.82) is 0 Å². The molecule has 23 heavy (non-hydrogen) atoms. The molecule has 1 atom stereocenters. The molecule has 3 rings (SSSR count). The quantitative estimate of drug-likeness (QED) is 0.774. The van der Waals surface area contributed by atoms with Crippen LogP contribution in [-0.4, -0.2) is 43.9 Å². The molecule has 0 spiro atoms. The number of hydrogen-bond acceptors (Lipinski definition) is 5. The van der Waals surface area contributed by atoms with Crippen molar-refractivity contribution in [2.24, 2.45) is 0 Å². The summed E-state index contributed by atoms with van der Waals surface area (Å²) in [6, 6.07) is 4.43. The van der Waals surface area contributed by atoms with Crippen LogP contribution in [0.15, 0.2) is 22.7 Å². The fourth-order valence-corrected chi connectivity index (χ4v) is 4.55. The SMILES string of the molecule is CCn1c(SCC(=O)N2CCCC[C@@H]2C)nnc1-c1cccs1. The van der Waals surface area contributed by atoms with Gasteiger partial charge in [-0.3, -0.25) is 4.79 Å². The van der Waals surface area contributed by atoms with Gasteiger partial charge in [0.25, 0.3) is 0 Å². The first-order valence-corrected chi connectivity index (χ1v) is 9.96. The number of rotatable bonds is 5. The molecule has 1 amide bonds. The lowest BCUT2D eigenvalue weighted by atomic mass is 10.0. The molecule has 2 aromatic heterocycles. The molecule has 0 aliphatic carbocycles. The van der Waals surface area contributed by atoms with E-state index in [0.29, 0.717) is 11.8 Å². The minimum absolute atomic E-state index is 0.213. The van der Waals surface area contributed by atoms with Crippen molar-refractivity contribution in [1.82, 2.24) is 19.7 Å². The Hall–Kier alpha value is -1.34. The van der Waals surface area contributed by atoms with Crippen molar-refractivity contribution in [3.8, 4) is 10.7 Å². The van der Waals surface area contributed by atoms with Crippen molar-refractivity contribution < 1.29 is 4.79 Å². The van der Waals surface area contributed by atoms with E-state index >= 15 is 0 Å². The van der Waals surface area contributed by atoms with Gasteiger partial charge in [-0.1, -0.05) is 17.8 Å². The molecule has 7 heteroatoms. The summed E-state index contributed by atoms with van der Waals surface area (Å²) in [6.07, 6.45) is 3.46. The van der Waals surface area contributed by atoms with E-state index in [9.17, 15) is 4.79 Å². The number of amides is 1. The van der Waals surface area contributed by atoms with Crippen LogP contribution < -0.4 is 0 Å². The number of carbonyl (C=O) groups is 1. The number of hydrogen-bond donors (Lipinski definition) is 0. The molecular formula is C16H22N4OS2. The molecule has 1 saturated heterocycles. The summed E-state index contributed by atoms with van der Waals surface area (Å²) in [4.78, 5) is 15.6. The smallest absolute Gasteiger partial charge is 0.233 e. The summed E-state index contributed by atoms with van der Waals surface area (Å²) in [5, 5.41) is 11.5. The third-order valence-corrected chi connectivity index (χ3v) is 6.04. The average molecular weight is 351 g/mol. The lowest BCUT2D eigenvalue weighted by molar-refractivity contribution is -0.131. The van der Waals surface area contributed by atoms with Gasteiger partial charge in [-0.05, 0) is 44.6 Å². The van der Waals surface area contributed by atoms with Crippen LogP contribution in [0.25, 0.3) is 10.7 Å². The predicted octanol–water partition coefficient (Wildman–Crippen LogP) is 3.52. The third-order valence-electron chi connectivity index (χ3n) is 4.22. The van der Waals surface area contributed by atoms with Crippen LogP contribution in [-0.2, 0) is 11.3 Å². The van der Waals surface area contributed by atoms with Gasteiger partial charge in [0, 0.05) is 19.1 Å². The van der Waals surface area contributed by atoms with Crippen molar-refractivity contribution in [3.05, 3.63) is 17.5 Å². The number of nitrogens with zero attached hydrogens (tertiary/aromatic N) is 4. The van der Waals surface area contributed by atoms with E-state index in [1.165, 1.54) is 18.2 Å².